The van der Waals surface area contributed by atoms with Gasteiger partial charge in [-0.1, -0.05) is 0 Å². The van der Waals surface area contributed by atoms with Crippen molar-refractivity contribution in [3.8, 4) is 0 Å². The standard InChI is InChI=1S/C10H17N3O2/c1-3-13-9(11-7-12-13)6-10(14)4-8(5-10)15-2/h7-8,14H,3-6H2,1-2H3. The van der Waals surface area contributed by atoms with Crippen LogP contribution in [-0.4, -0.2) is 38.7 Å². The highest BCUT2D eigenvalue weighted by Gasteiger charge is 2.43. The molecule has 0 bridgehead atoms. The van der Waals surface area contributed by atoms with Crippen LogP contribution >= 0.6 is 0 Å². The minimum atomic E-state index is -0.638. The minimum Gasteiger partial charge on any atom is -0.389 e. The Labute approximate surface area is 89.1 Å². The predicted octanol–water partition coefficient (Wildman–Crippen LogP) is 0.380. The quantitative estimate of drug-likeness (QED) is 0.782. The van der Waals surface area contributed by atoms with E-state index in [9.17, 15) is 5.11 Å². The van der Waals surface area contributed by atoms with Crippen LogP contribution in [0.3, 0.4) is 0 Å². The van der Waals surface area contributed by atoms with Crippen molar-refractivity contribution in [1.29, 1.82) is 0 Å². The molecule has 0 spiro atoms. The number of aliphatic hydroxyl groups is 1. The monoisotopic (exact) mass is 211 g/mol. The molecule has 0 aliphatic heterocycles. The maximum absolute atomic E-state index is 10.1. The molecule has 0 amide bonds. The van der Waals surface area contributed by atoms with Crippen LogP contribution in [0, 0.1) is 0 Å². The lowest BCUT2D eigenvalue weighted by Gasteiger charge is -2.42. The molecule has 84 valence electrons. The van der Waals surface area contributed by atoms with Crippen LogP contribution in [0.25, 0.3) is 0 Å². The van der Waals surface area contributed by atoms with Crippen LogP contribution in [-0.2, 0) is 17.7 Å². The molecule has 5 heteroatoms. The van der Waals surface area contributed by atoms with Crippen LogP contribution in [0.15, 0.2) is 6.33 Å². The van der Waals surface area contributed by atoms with E-state index in [1.54, 1.807) is 7.11 Å². The van der Waals surface area contributed by atoms with Crippen molar-refractivity contribution in [2.75, 3.05) is 7.11 Å². The van der Waals surface area contributed by atoms with Crippen LogP contribution in [0.2, 0.25) is 0 Å². The van der Waals surface area contributed by atoms with E-state index in [-0.39, 0.29) is 6.10 Å². The van der Waals surface area contributed by atoms with Crippen molar-refractivity contribution in [1.82, 2.24) is 14.8 Å². The van der Waals surface area contributed by atoms with E-state index in [0.29, 0.717) is 19.3 Å². The van der Waals surface area contributed by atoms with Gasteiger partial charge in [0.1, 0.15) is 12.2 Å². The third-order valence-electron chi connectivity index (χ3n) is 3.03. The summed E-state index contributed by atoms with van der Waals surface area (Å²) in [6, 6.07) is 0. The van der Waals surface area contributed by atoms with Crippen molar-refractivity contribution in [2.45, 2.75) is 44.4 Å². The van der Waals surface area contributed by atoms with Gasteiger partial charge in [0.25, 0.3) is 0 Å². The van der Waals surface area contributed by atoms with E-state index >= 15 is 0 Å². The van der Waals surface area contributed by atoms with E-state index in [4.69, 9.17) is 4.74 Å². The first-order valence-electron chi connectivity index (χ1n) is 5.29. The first kappa shape index (κ1) is 10.6. The van der Waals surface area contributed by atoms with E-state index in [2.05, 4.69) is 10.1 Å². The summed E-state index contributed by atoms with van der Waals surface area (Å²) < 4.78 is 6.97. The Hall–Kier alpha value is -0.940. The molecule has 1 saturated carbocycles. The number of hydrogen-bond acceptors (Lipinski definition) is 4. The molecule has 0 radical (unpaired) electrons. The van der Waals surface area contributed by atoms with Crippen molar-refractivity contribution in [3.05, 3.63) is 12.2 Å². The van der Waals surface area contributed by atoms with Crippen LogP contribution in [0.1, 0.15) is 25.6 Å². The summed E-state index contributed by atoms with van der Waals surface area (Å²) in [5, 5.41) is 14.2. The zero-order valence-corrected chi connectivity index (χ0v) is 9.18. The molecule has 1 fully saturated rings. The van der Waals surface area contributed by atoms with Gasteiger partial charge in [-0.25, -0.2) is 4.98 Å². The van der Waals surface area contributed by atoms with E-state index in [1.165, 1.54) is 6.33 Å². The molecular formula is C10H17N3O2. The Morgan fingerprint density at radius 1 is 1.67 bits per heavy atom. The van der Waals surface area contributed by atoms with Crippen molar-refractivity contribution in [3.63, 3.8) is 0 Å². The maximum atomic E-state index is 10.1. The smallest absolute Gasteiger partial charge is 0.138 e. The molecule has 1 aliphatic carbocycles. The Morgan fingerprint density at radius 3 is 3.00 bits per heavy atom. The summed E-state index contributed by atoms with van der Waals surface area (Å²) >= 11 is 0. The normalized spacial score (nSPS) is 30.2. The van der Waals surface area contributed by atoms with Gasteiger partial charge >= 0.3 is 0 Å². The van der Waals surface area contributed by atoms with Gasteiger partial charge in [-0.05, 0) is 6.92 Å². The molecule has 0 saturated heterocycles. The van der Waals surface area contributed by atoms with Crippen LogP contribution in [0.5, 0.6) is 0 Å². The van der Waals surface area contributed by atoms with Gasteiger partial charge in [-0.15, -0.1) is 0 Å². The van der Waals surface area contributed by atoms with E-state index in [1.807, 2.05) is 11.6 Å². The topological polar surface area (TPSA) is 60.2 Å². The summed E-state index contributed by atoms with van der Waals surface area (Å²) in [6.07, 6.45) is 3.70. The summed E-state index contributed by atoms with van der Waals surface area (Å²) in [5.41, 5.74) is -0.638. The van der Waals surface area contributed by atoms with Gasteiger partial charge in [0.15, 0.2) is 0 Å². The summed E-state index contributed by atoms with van der Waals surface area (Å²) in [6.45, 7) is 2.81. The maximum Gasteiger partial charge on any atom is 0.138 e. The third kappa shape index (κ3) is 2.03. The molecule has 1 aromatic rings. The highest BCUT2D eigenvalue weighted by atomic mass is 16.5. The largest absolute Gasteiger partial charge is 0.389 e. The highest BCUT2D eigenvalue weighted by Crippen LogP contribution is 2.36. The fourth-order valence-corrected chi connectivity index (χ4v) is 2.08. The number of nitrogens with zero attached hydrogens (tertiary/aromatic N) is 3. The SMILES string of the molecule is CCn1ncnc1CC1(O)CC(OC)C1. The number of methoxy groups -OCH3 is 1. The number of aryl methyl sites for hydroxylation is 1. The van der Waals surface area contributed by atoms with Crippen LogP contribution in [0.4, 0.5) is 0 Å². The first-order valence-corrected chi connectivity index (χ1v) is 5.29. The lowest BCUT2D eigenvalue weighted by molar-refractivity contribution is -0.127. The predicted molar refractivity (Wildman–Crippen MR) is 54.4 cm³/mol. The number of aromatic nitrogens is 3. The van der Waals surface area contributed by atoms with Crippen molar-refractivity contribution in [2.24, 2.45) is 0 Å². The Balaban J connectivity index is 1.98. The molecule has 0 atom stereocenters. The van der Waals surface area contributed by atoms with Crippen LogP contribution < -0.4 is 0 Å². The second-order valence-corrected chi connectivity index (χ2v) is 4.16. The zero-order valence-electron chi connectivity index (χ0n) is 9.18. The summed E-state index contributed by atoms with van der Waals surface area (Å²) in [7, 11) is 1.68. The van der Waals surface area contributed by atoms with Gasteiger partial charge in [-0.3, -0.25) is 4.68 Å². The number of rotatable bonds is 4. The second kappa shape index (κ2) is 3.90. The third-order valence-corrected chi connectivity index (χ3v) is 3.03. The molecule has 5 nitrogen and oxygen atoms in total. The fourth-order valence-electron chi connectivity index (χ4n) is 2.08. The average molecular weight is 211 g/mol. The molecule has 1 aliphatic rings. The molecule has 0 unspecified atom stereocenters. The van der Waals surface area contributed by atoms with Gasteiger partial charge in [0.2, 0.25) is 0 Å². The highest BCUT2D eigenvalue weighted by molar-refractivity contribution is 5.02. The minimum absolute atomic E-state index is 0.202. The lowest BCUT2D eigenvalue weighted by atomic mass is 9.75. The lowest BCUT2D eigenvalue weighted by Crippen LogP contribution is -2.50. The van der Waals surface area contributed by atoms with Gasteiger partial charge in [0, 0.05) is 32.9 Å². The molecule has 2 rings (SSSR count). The van der Waals surface area contributed by atoms with Gasteiger partial charge in [-0.2, -0.15) is 5.10 Å². The molecule has 0 aromatic carbocycles. The summed E-state index contributed by atoms with van der Waals surface area (Å²) in [5.74, 6) is 0.856. The Bertz CT molecular complexity index is 331. The molecule has 15 heavy (non-hydrogen) atoms. The average Bonchev–Trinajstić information content (AvgIpc) is 2.61. The molecule has 1 heterocycles. The van der Waals surface area contributed by atoms with Crippen molar-refractivity contribution >= 4 is 0 Å². The van der Waals surface area contributed by atoms with Gasteiger partial charge in [0.05, 0.1) is 11.7 Å². The second-order valence-electron chi connectivity index (χ2n) is 4.16. The zero-order chi connectivity index (χ0) is 10.9. The first-order chi connectivity index (χ1) is 7.17. The Morgan fingerprint density at radius 2 is 2.40 bits per heavy atom. The molecule has 1 N–H and O–H groups in total. The number of ether oxygens (including phenoxy) is 1. The Kier molecular flexibility index (Phi) is 2.75. The number of hydrogen-bond donors (Lipinski definition) is 1. The molecule has 1 aromatic heterocycles. The summed E-state index contributed by atoms with van der Waals surface area (Å²) in [4.78, 5) is 4.16. The van der Waals surface area contributed by atoms with Gasteiger partial charge < -0.3 is 9.84 Å². The fraction of sp³-hybridized carbons (Fsp3) is 0.800. The van der Waals surface area contributed by atoms with E-state index < -0.39 is 5.60 Å². The van der Waals surface area contributed by atoms with E-state index in [0.717, 1.165) is 12.4 Å². The van der Waals surface area contributed by atoms with Crippen molar-refractivity contribution < 1.29 is 9.84 Å². The molecular weight excluding hydrogens is 194 g/mol.